The van der Waals surface area contributed by atoms with Gasteiger partial charge < -0.3 is 24.1 Å². The number of nitro groups is 1. The number of benzene rings is 3. The second kappa shape index (κ2) is 9.43. The summed E-state index contributed by atoms with van der Waals surface area (Å²) in [5, 5.41) is 14.2. The number of nitro benzene ring substituents is 1. The third kappa shape index (κ3) is 4.64. The molecule has 10 nitrogen and oxygen atoms in total. The molecule has 35 heavy (non-hydrogen) atoms. The number of hydrogen-bond acceptors (Lipinski definition) is 8. The Morgan fingerprint density at radius 2 is 1.94 bits per heavy atom. The van der Waals surface area contributed by atoms with Crippen LogP contribution in [0.25, 0.3) is 22.6 Å². The molecule has 10 heteroatoms. The van der Waals surface area contributed by atoms with Crippen molar-refractivity contribution in [1.82, 2.24) is 4.98 Å². The smallest absolute Gasteiger partial charge is 0.270 e. The highest BCUT2D eigenvalue weighted by Gasteiger charge is 2.22. The van der Waals surface area contributed by atoms with Crippen LogP contribution in [0.1, 0.15) is 10.4 Å². The minimum absolute atomic E-state index is 0.150. The predicted octanol–water partition coefficient (Wildman–Crippen LogP) is 4.50. The first-order valence-electron chi connectivity index (χ1n) is 11.0. The Morgan fingerprint density at radius 1 is 1.11 bits per heavy atom. The summed E-state index contributed by atoms with van der Waals surface area (Å²) in [7, 11) is 1.58. The van der Waals surface area contributed by atoms with Gasteiger partial charge in [0.1, 0.15) is 11.3 Å². The van der Waals surface area contributed by atoms with Crippen LogP contribution in [-0.2, 0) is 4.74 Å². The number of carbonyl (C=O) groups is 1. The summed E-state index contributed by atoms with van der Waals surface area (Å²) in [4.78, 5) is 30.6. The first-order valence-corrected chi connectivity index (χ1v) is 11.0. The minimum Gasteiger partial charge on any atom is -0.497 e. The van der Waals surface area contributed by atoms with E-state index in [1.807, 2.05) is 11.0 Å². The van der Waals surface area contributed by atoms with Gasteiger partial charge >= 0.3 is 0 Å². The summed E-state index contributed by atoms with van der Waals surface area (Å²) in [5.74, 6) is 0.620. The van der Waals surface area contributed by atoms with Gasteiger partial charge in [-0.25, -0.2) is 4.98 Å². The van der Waals surface area contributed by atoms with Gasteiger partial charge in [0.25, 0.3) is 11.6 Å². The van der Waals surface area contributed by atoms with Crippen molar-refractivity contribution < 1.29 is 23.6 Å². The molecule has 1 N–H and O–H groups in total. The molecule has 1 aliphatic heterocycles. The highest BCUT2D eigenvalue weighted by molar-refractivity contribution is 6.08. The minimum atomic E-state index is -0.511. The highest BCUT2D eigenvalue weighted by atomic mass is 16.6. The summed E-state index contributed by atoms with van der Waals surface area (Å²) in [6, 6.07) is 16.8. The van der Waals surface area contributed by atoms with Crippen molar-refractivity contribution >= 4 is 34.1 Å². The zero-order chi connectivity index (χ0) is 24.4. The lowest BCUT2D eigenvalue weighted by Crippen LogP contribution is -2.37. The fourth-order valence-electron chi connectivity index (χ4n) is 3.99. The first-order chi connectivity index (χ1) is 17.0. The number of rotatable bonds is 6. The molecule has 0 saturated carbocycles. The van der Waals surface area contributed by atoms with Crippen molar-refractivity contribution in [3.63, 3.8) is 0 Å². The van der Waals surface area contributed by atoms with Crippen LogP contribution >= 0.6 is 0 Å². The van der Waals surface area contributed by atoms with Gasteiger partial charge in [0.05, 0.1) is 36.5 Å². The van der Waals surface area contributed by atoms with E-state index in [4.69, 9.17) is 13.9 Å². The maximum atomic E-state index is 13.3. The lowest BCUT2D eigenvalue weighted by atomic mass is 10.1. The van der Waals surface area contributed by atoms with Crippen molar-refractivity contribution in [3.8, 4) is 17.2 Å². The molecule has 3 aromatic carbocycles. The molecule has 1 fully saturated rings. The number of morpholine rings is 1. The molecule has 1 amide bonds. The molecule has 5 rings (SSSR count). The Labute approximate surface area is 200 Å². The molecule has 0 unspecified atom stereocenters. The third-order valence-corrected chi connectivity index (χ3v) is 5.75. The Bertz CT molecular complexity index is 1410. The average Bonchev–Trinajstić information content (AvgIpc) is 3.32. The van der Waals surface area contributed by atoms with Gasteiger partial charge in [-0.05, 0) is 36.4 Å². The number of methoxy groups -OCH3 is 1. The Hall–Kier alpha value is -4.44. The van der Waals surface area contributed by atoms with E-state index in [0.717, 1.165) is 0 Å². The molecule has 0 aliphatic carbocycles. The van der Waals surface area contributed by atoms with Crippen LogP contribution < -0.4 is 15.0 Å². The SMILES string of the molecule is COc1ccc2oc(-c3cccc(NC(=O)c4cc([N+](=O)[O-])ccc4N4CCOCC4)c3)nc2c1. The monoisotopic (exact) mass is 474 g/mol. The Balaban J connectivity index is 1.44. The molecule has 1 aromatic heterocycles. The third-order valence-electron chi connectivity index (χ3n) is 5.75. The molecule has 0 bridgehead atoms. The normalized spacial score (nSPS) is 13.6. The summed E-state index contributed by atoms with van der Waals surface area (Å²) in [6.07, 6.45) is 0. The number of anilines is 2. The van der Waals surface area contributed by atoms with Gasteiger partial charge in [0, 0.05) is 42.5 Å². The van der Waals surface area contributed by atoms with Gasteiger partial charge in [-0.3, -0.25) is 14.9 Å². The number of carbonyl (C=O) groups excluding carboxylic acids is 1. The number of oxazole rings is 1. The van der Waals surface area contributed by atoms with Gasteiger partial charge in [0.15, 0.2) is 5.58 Å². The number of non-ortho nitro benzene ring substituents is 1. The van der Waals surface area contributed by atoms with Crippen molar-refractivity contribution in [2.24, 2.45) is 0 Å². The predicted molar refractivity (Wildman–Crippen MR) is 130 cm³/mol. The molecule has 178 valence electrons. The van der Waals surface area contributed by atoms with Crippen LogP contribution in [-0.4, -0.2) is 49.2 Å². The second-order valence-corrected chi connectivity index (χ2v) is 7.95. The number of amides is 1. The van der Waals surface area contributed by atoms with E-state index in [9.17, 15) is 14.9 Å². The number of nitrogens with one attached hydrogen (secondary N) is 1. The van der Waals surface area contributed by atoms with Gasteiger partial charge in [-0.2, -0.15) is 0 Å². The fourth-order valence-corrected chi connectivity index (χ4v) is 3.99. The number of hydrogen-bond donors (Lipinski definition) is 1. The van der Waals surface area contributed by atoms with Crippen LogP contribution in [0.3, 0.4) is 0 Å². The Kier molecular flexibility index (Phi) is 6.02. The second-order valence-electron chi connectivity index (χ2n) is 7.95. The van der Waals surface area contributed by atoms with Crippen LogP contribution in [0, 0.1) is 10.1 Å². The molecule has 0 spiro atoms. The maximum Gasteiger partial charge on any atom is 0.270 e. The average molecular weight is 474 g/mol. The van der Waals surface area contributed by atoms with Crippen LogP contribution in [0.2, 0.25) is 0 Å². The van der Waals surface area contributed by atoms with E-state index in [1.165, 1.54) is 12.1 Å². The summed E-state index contributed by atoms with van der Waals surface area (Å²) in [5.41, 5.74) is 3.14. The summed E-state index contributed by atoms with van der Waals surface area (Å²) >= 11 is 0. The highest BCUT2D eigenvalue weighted by Crippen LogP contribution is 2.30. The lowest BCUT2D eigenvalue weighted by Gasteiger charge is -2.30. The molecule has 0 atom stereocenters. The number of nitrogens with zero attached hydrogens (tertiary/aromatic N) is 3. The van der Waals surface area contributed by atoms with E-state index < -0.39 is 10.8 Å². The summed E-state index contributed by atoms with van der Waals surface area (Å²) < 4.78 is 16.5. The van der Waals surface area contributed by atoms with Crippen molar-refractivity contribution in [3.05, 3.63) is 76.3 Å². The molecule has 2 heterocycles. The van der Waals surface area contributed by atoms with Gasteiger partial charge in [-0.15, -0.1) is 0 Å². The lowest BCUT2D eigenvalue weighted by molar-refractivity contribution is -0.384. The van der Waals surface area contributed by atoms with E-state index >= 15 is 0 Å². The molecule has 4 aromatic rings. The fraction of sp³-hybridized carbons (Fsp3) is 0.200. The van der Waals surface area contributed by atoms with Gasteiger partial charge in [0.2, 0.25) is 5.89 Å². The van der Waals surface area contributed by atoms with Crippen molar-refractivity contribution in [1.29, 1.82) is 0 Å². The van der Waals surface area contributed by atoms with E-state index in [0.29, 0.717) is 66.0 Å². The number of ether oxygens (including phenoxy) is 2. The Morgan fingerprint density at radius 3 is 2.71 bits per heavy atom. The number of aromatic nitrogens is 1. The largest absolute Gasteiger partial charge is 0.497 e. The van der Waals surface area contributed by atoms with Crippen LogP contribution in [0.15, 0.2) is 65.1 Å². The quantitative estimate of drug-likeness (QED) is 0.320. The van der Waals surface area contributed by atoms with E-state index in [2.05, 4.69) is 10.3 Å². The van der Waals surface area contributed by atoms with Gasteiger partial charge in [-0.1, -0.05) is 6.07 Å². The van der Waals surface area contributed by atoms with Crippen molar-refractivity contribution in [2.45, 2.75) is 0 Å². The zero-order valence-electron chi connectivity index (χ0n) is 18.9. The van der Waals surface area contributed by atoms with E-state index in [1.54, 1.807) is 49.6 Å². The maximum absolute atomic E-state index is 13.3. The molecule has 1 saturated heterocycles. The van der Waals surface area contributed by atoms with E-state index in [-0.39, 0.29) is 11.3 Å². The van der Waals surface area contributed by atoms with Crippen LogP contribution in [0.5, 0.6) is 5.75 Å². The topological polar surface area (TPSA) is 120 Å². The molecule has 1 aliphatic rings. The molecular weight excluding hydrogens is 452 g/mol. The molecule has 0 radical (unpaired) electrons. The molecular formula is C25H22N4O6. The summed E-state index contributed by atoms with van der Waals surface area (Å²) in [6.45, 7) is 2.24. The standard InChI is InChI=1S/C25H22N4O6/c1-33-19-6-8-23-21(15-19)27-25(35-23)16-3-2-4-17(13-16)26-24(30)20-14-18(29(31)32)5-7-22(20)28-9-11-34-12-10-28/h2-8,13-15H,9-12H2,1H3,(H,26,30). The van der Waals surface area contributed by atoms with Crippen LogP contribution in [0.4, 0.5) is 17.1 Å². The zero-order valence-corrected chi connectivity index (χ0v) is 18.9. The number of fused-ring (bicyclic) bond motifs is 1. The first kappa shape index (κ1) is 22.4. The van der Waals surface area contributed by atoms with Crippen molar-refractivity contribution in [2.75, 3.05) is 43.6 Å².